The second kappa shape index (κ2) is 7.25. The summed E-state index contributed by atoms with van der Waals surface area (Å²) in [6.45, 7) is 0. The number of carbonyl (C=O) groups is 1. The first-order valence-electron chi connectivity index (χ1n) is 6.51. The molecule has 0 bridgehead atoms. The molecule has 2 aromatic carbocycles. The lowest BCUT2D eigenvalue weighted by atomic mass is 10.1. The average molecular weight is 334 g/mol. The second-order valence-corrected chi connectivity index (χ2v) is 5.40. The van der Waals surface area contributed by atoms with E-state index in [9.17, 15) is 9.59 Å². The molecule has 0 amide bonds. The molecule has 0 radical (unpaired) electrons. The van der Waals surface area contributed by atoms with Gasteiger partial charge in [0.25, 0.3) is 0 Å². The number of hydrogen-bond donors (Lipinski definition) is 1. The number of benzene rings is 1. The summed E-state index contributed by atoms with van der Waals surface area (Å²) >= 11 is 11.8. The first kappa shape index (κ1) is 16.3. The second-order valence-electron chi connectivity index (χ2n) is 4.53. The first-order valence-corrected chi connectivity index (χ1v) is 7.26. The fourth-order valence-electron chi connectivity index (χ4n) is 1.92. The summed E-state index contributed by atoms with van der Waals surface area (Å²) in [6.07, 6.45) is 2.91. The summed E-state index contributed by atoms with van der Waals surface area (Å²) in [7, 11) is 1.63. The van der Waals surface area contributed by atoms with Gasteiger partial charge in [0.15, 0.2) is 5.78 Å². The molecule has 0 saturated heterocycles. The lowest BCUT2D eigenvalue weighted by Crippen LogP contribution is -2.14. The van der Waals surface area contributed by atoms with Crippen LogP contribution in [0.3, 0.4) is 0 Å². The SMILES string of the molecule is CNc1ccccc(C(=O)/C=C/c2cc(Cl)cc(Cl)c2)c1=O. The van der Waals surface area contributed by atoms with Crippen molar-refractivity contribution in [1.29, 1.82) is 0 Å². The highest BCUT2D eigenvalue weighted by Gasteiger charge is 2.08. The number of anilines is 1. The van der Waals surface area contributed by atoms with Crippen LogP contribution in [0.2, 0.25) is 10.0 Å². The lowest BCUT2D eigenvalue weighted by Gasteiger charge is -1.98. The number of allylic oxidation sites excluding steroid dienone is 1. The predicted octanol–water partition coefficient (Wildman–Crippen LogP) is 4.29. The summed E-state index contributed by atoms with van der Waals surface area (Å²) in [5.41, 5.74) is 0.810. The van der Waals surface area contributed by atoms with Gasteiger partial charge >= 0.3 is 0 Å². The smallest absolute Gasteiger partial charge is 0.212 e. The van der Waals surface area contributed by atoms with Crippen LogP contribution in [0, 0.1) is 0 Å². The topological polar surface area (TPSA) is 46.2 Å². The summed E-state index contributed by atoms with van der Waals surface area (Å²) in [4.78, 5) is 24.4. The molecule has 0 fully saturated rings. The van der Waals surface area contributed by atoms with E-state index in [1.807, 2.05) is 0 Å². The number of ketones is 1. The third-order valence-corrected chi connectivity index (χ3v) is 3.41. The Labute approximate surface area is 138 Å². The zero-order valence-electron chi connectivity index (χ0n) is 11.8. The van der Waals surface area contributed by atoms with E-state index in [-0.39, 0.29) is 16.8 Å². The van der Waals surface area contributed by atoms with Crippen LogP contribution in [0.5, 0.6) is 0 Å². The third-order valence-electron chi connectivity index (χ3n) is 2.97. The molecule has 0 heterocycles. The van der Waals surface area contributed by atoms with Crippen molar-refractivity contribution in [2.24, 2.45) is 0 Å². The van der Waals surface area contributed by atoms with E-state index in [0.717, 1.165) is 0 Å². The van der Waals surface area contributed by atoms with Gasteiger partial charge in [-0.3, -0.25) is 9.59 Å². The van der Waals surface area contributed by atoms with Crippen LogP contribution in [0.1, 0.15) is 15.9 Å². The highest BCUT2D eigenvalue weighted by atomic mass is 35.5. The van der Waals surface area contributed by atoms with Gasteiger partial charge in [0.2, 0.25) is 5.43 Å². The zero-order valence-corrected chi connectivity index (χ0v) is 13.3. The molecule has 0 aliphatic rings. The molecule has 0 aliphatic heterocycles. The fraction of sp³-hybridized carbons (Fsp3) is 0.0588. The van der Waals surface area contributed by atoms with Gasteiger partial charge < -0.3 is 5.32 Å². The Balaban J connectivity index is 2.36. The van der Waals surface area contributed by atoms with Gasteiger partial charge in [0, 0.05) is 17.1 Å². The number of hydrogen-bond acceptors (Lipinski definition) is 3. The van der Waals surface area contributed by atoms with E-state index in [2.05, 4.69) is 5.32 Å². The van der Waals surface area contributed by atoms with E-state index < -0.39 is 0 Å². The predicted molar refractivity (Wildman–Crippen MR) is 92.1 cm³/mol. The molecule has 0 atom stereocenters. The number of rotatable bonds is 4. The average Bonchev–Trinajstić information content (AvgIpc) is 2.65. The van der Waals surface area contributed by atoms with Gasteiger partial charge in [-0.2, -0.15) is 0 Å². The van der Waals surface area contributed by atoms with Crippen molar-refractivity contribution in [2.45, 2.75) is 0 Å². The van der Waals surface area contributed by atoms with Gasteiger partial charge in [-0.25, -0.2) is 0 Å². The van der Waals surface area contributed by atoms with Crippen LogP contribution < -0.4 is 10.7 Å². The van der Waals surface area contributed by atoms with Crippen molar-refractivity contribution in [1.82, 2.24) is 0 Å². The van der Waals surface area contributed by atoms with Gasteiger partial charge in [-0.15, -0.1) is 0 Å². The Morgan fingerprint density at radius 1 is 1.09 bits per heavy atom. The summed E-state index contributed by atoms with van der Waals surface area (Å²) in [6, 6.07) is 11.4. The minimum absolute atomic E-state index is 0.0960. The van der Waals surface area contributed by atoms with Crippen molar-refractivity contribution in [3.63, 3.8) is 0 Å². The standard InChI is InChI=1S/C17H13Cl2NO2/c1-20-15-5-3-2-4-14(17(15)22)16(21)7-6-11-8-12(18)10-13(19)9-11/h2-10H,1H3,(H,20,22)/b7-6+. The molecule has 3 nitrogen and oxygen atoms in total. The van der Waals surface area contributed by atoms with Gasteiger partial charge in [0.05, 0.1) is 11.3 Å². The van der Waals surface area contributed by atoms with Crippen molar-refractivity contribution in [2.75, 3.05) is 12.4 Å². The fourth-order valence-corrected chi connectivity index (χ4v) is 2.47. The highest BCUT2D eigenvalue weighted by molar-refractivity contribution is 6.34. The van der Waals surface area contributed by atoms with E-state index in [0.29, 0.717) is 21.3 Å². The van der Waals surface area contributed by atoms with E-state index in [4.69, 9.17) is 23.2 Å². The van der Waals surface area contributed by atoms with Gasteiger partial charge in [-0.05, 0) is 42.0 Å². The highest BCUT2D eigenvalue weighted by Crippen LogP contribution is 2.20. The molecule has 0 aromatic heterocycles. The van der Waals surface area contributed by atoms with Gasteiger partial charge in [0.1, 0.15) is 0 Å². The minimum atomic E-state index is -0.381. The molecule has 0 aliphatic carbocycles. The summed E-state index contributed by atoms with van der Waals surface area (Å²) < 4.78 is 0. The molecule has 5 heteroatoms. The Hall–Kier alpha value is -2.10. The van der Waals surface area contributed by atoms with E-state index in [1.54, 1.807) is 49.5 Å². The molecule has 112 valence electrons. The maximum Gasteiger partial charge on any atom is 0.212 e. The maximum atomic E-state index is 12.2. The molecular weight excluding hydrogens is 321 g/mol. The molecule has 0 spiro atoms. The zero-order chi connectivity index (χ0) is 16.1. The van der Waals surface area contributed by atoms with Crippen LogP contribution in [0.25, 0.3) is 6.08 Å². The van der Waals surface area contributed by atoms with E-state index in [1.165, 1.54) is 12.1 Å². The Kier molecular flexibility index (Phi) is 5.36. The maximum absolute atomic E-state index is 12.2. The largest absolute Gasteiger partial charge is 0.385 e. The number of nitrogens with one attached hydrogen (secondary N) is 1. The normalized spacial score (nSPS) is 10.7. The Bertz CT molecular complexity index is 781. The van der Waals surface area contributed by atoms with Crippen molar-refractivity contribution in [3.05, 3.63) is 79.9 Å². The molecular formula is C17H13Cl2NO2. The molecule has 0 saturated carbocycles. The molecule has 22 heavy (non-hydrogen) atoms. The van der Waals surface area contributed by atoms with Gasteiger partial charge in [-0.1, -0.05) is 41.4 Å². The Morgan fingerprint density at radius 2 is 1.73 bits per heavy atom. The summed E-state index contributed by atoms with van der Waals surface area (Å²) in [5.74, 6) is -0.381. The van der Waals surface area contributed by atoms with E-state index >= 15 is 0 Å². The quantitative estimate of drug-likeness (QED) is 0.670. The minimum Gasteiger partial charge on any atom is -0.385 e. The van der Waals surface area contributed by atoms with Crippen LogP contribution in [0.4, 0.5) is 5.69 Å². The molecule has 0 unspecified atom stereocenters. The molecule has 1 N–H and O–H groups in total. The van der Waals surface area contributed by atoms with Crippen LogP contribution in [-0.4, -0.2) is 12.8 Å². The van der Waals surface area contributed by atoms with Crippen LogP contribution in [-0.2, 0) is 0 Å². The van der Waals surface area contributed by atoms with Crippen molar-refractivity contribution in [3.8, 4) is 0 Å². The number of carbonyl (C=O) groups excluding carboxylic acids is 1. The Morgan fingerprint density at radius 3 is 2.36 bits per heavy atom. The summed E-state index contributed by atoms with van der Waals surface area (Å²) in [5, 5.41) is 3.73. The van der Waals surface area contributed by atoms with Crippen LogP contribution in [0.15, 0.2) is 53.3 Å². The monoisotopic (exact) mass is 333 g/mol. The molecule has 2 rings (SSSR count). The number of halogens is 2. The van der Waals surface area contributed by atoms with Crippen molar-refractivity contribution < 1.29 is 4.79 Å². The first-order chi connectivity index (χ1) is 10.5. The van der Waals surface area contributed by atoms with Crippen molar-refractivity contribution >= 4 is 40.7 Å². The molecule has 2 aromatic rings. The van der Waals surface area contributed by atoms with Crippen LogP contribution >= 0.6 is 23.2 Å². The lowest BCUT2D eigenvalue weighted by molar-refractivity contribution is 0.104. The third kappa shape index (κ3) is 3.97.